The molecule has 0 radical (unpaired) electrons. The number of para-hydroxylation sites is 1. The second-order valence-corrected chi connectivity index (χ2v) is 7.44. The van der Waals surface area contributed by atoms with Crippen molar-refractivity contribution in [3.05, 3.63) is 47.5 Å². The van der Waals surface area contributed by atoms with Gasteiger partial charge in [0.15, 0.2) is 0 Å². The molecular formula is C19H26N4O. The Morgan fingerprint density at radius 3 is 2.42 bits per heavy atom. The quantitative estimate of drug-likeness (QED) is 0.923. The van der Waals surface area contributed by atoms with Gasteiger partial charge in [-0.3, -0.25) is 4.79 Å². The van der Waals surface area contributed by atoms with Crippen molar-refractivity contribution >= 4 is 11.6 Å². The molecule has 1 saturated heterocycles. The number of anilines is 1. The molecule has 24 heavy (non-hydrogen) atoms. The highest BCUT2D eigenvalue weighted by Crippen LogP contribution is 2.25. The number of H-pyrrole nitrogens is 1. The van der Waals surface area contributed by atoms with Gasteiger partial charge in [0, 0.05) is 37.3 Å². The number of nitrogens with zero attached hydrogens (tertiary/aromatic N) is 3. The minimum Gasteiger partial charge on any atom is -0.368 e. The number of rotatable bonds is 2. The molecular weight excluding hydrogens is 300 g/mol. The van der Waals surface area contributed by atoms with Gasteiger partial charge in [-0.25, -0.2) is 4.98 Å². The van der Waals surface area contributed by atoms with Crippen molar-refractivity contribution in [2.24, 2.45) is 0 Å². The maximum absolute atomic E-state index is 12.9. The first-order valence-corrected chi connectivity index (χ1v) is 8.51. The Morgan fingerprint density at radius 1 is 1.12 bits per heavy atom. The van der Waals surface area contributed by atoms with Crippen LogP contribution in [0.4, 0.5) is 5.69 Å². The Bertz CT molecular complexity index is 721. The van der Waals surface area contributed by atoms with E-state index in [0.717, 1.165) is 31.9 Å². The highest BCUT2D eigenvalue weighted by atomic mass is 16.2. The fourth-order valence-electron chi connectivity index (χ4n) is 3.25. The van der Waals surface area contributed by atoms with Crippen molar-refractivity contribution in [1.29, 1.82) is 0 Å². The van der Waals surface area contributed by atoms with Crippen LogP contribution in [0, 0.1) is 6.92 Å². The van der Waals surface area contributed by atoms with E-state index in [-0.39, 0.29) is 11.3 Å². The standard InChI is InChI=1S/C19H26N4O/c1-14-7-5-6-8-15(14)22-9-11-23(12-10-22)18(24)16-17(19(2,3)4)21-13-20-16/h5-8,13H,9-12H2,1-4H3,(H,20,21). The zero-order valence-corrected chi connectivity index (χ0v) is 15.0. The smallest absolute Gasteiger partial charge is 0.274 e. The highest BCUT2D eigenvalue weighted by molar-refractivity contribution is 5.94. The number of piperazine rings is 1. The zero-order valence-electron chi connectivity index (χ0n) is 15.0. The summed E-state index contributed by atoms with van der Waals surface area (Å²) in [6.07, 6.45) is 1.62. The van der Waals surface area contributed by atoms with Crippen molar-refractivity contribution < 1.29 is 4.79 Å². The zero-order chi connectivity index (χ0) is 17.3. The van der Waals surface area contributed by atoms with Crippen LogP contribution in [0.3, 0.4) is 0 Å². The van der Waals surface area contributed by atoms with Crippen molar-refractivity contribution in [1.82, 2.24) is 14.9 Å². The lowest BCUT2D eigenvalue weighted by Crippen LogP contribution is -2.49. The second kappa shape index (κ2) is 6.30. The molecule has 1 N–H and O–H groups in total. The van der Waals surface area contributed by atoms with E-state index in [0.29, 0.717) is 5.69 Å². The molecule has 1 aromatic heterocycles. The lowest BCUT2D eigenvalue weighted by atomic mass is 9.90. The van der Waals surface area contributed by atoms with E-state index in [9.17, 15) is 4.79 Å². The van der Waals surface area contributed by atoms with Crippen LogP contribution in [0.25, 0.3) is 0 Å². The number of imidazole rings is 1. The van der Waals surface area contributed by atoms with E-state index in [1.54, 1.807) is 6.33 Å². The largest absolute Gasteiger partial charge is 0.368 e. The first-order chi connectivity index (χ1) is 11.4. The molecule has 128 valence electrons. The fraction of sp³-hybridized carbons (Fsp3) is 0.474. The summed E-state index contributed by atoms with van der Waals surface area (Å²) in [7, 11) is 0. The first-order valence-electron chi connectivity index (χ1n) is 8.51. The van der Waals surface area contributed by atoms with E-state index in [4.69, 9.17) is 0 Å². The number of nitrogens with one attached hydrogen (secondary N) is 1. The number of carbonyl (C=O) groups is 1. The summed E-state index contributed by atoms with van der Waals surface area (Å²) >= 11 is 0. The molecule has 5 heteroatoms. The Hall–Kier alpha value is -2.30. The van der Waals surface area contributed by atoms with E-state index >= 15 is 0 Å². The summed E-state index contributed by atoms with van der Waals surface area (Å²) in [6, 6.07) is 8.41. The van der Waals surface area contributed by atoms with Crippen molar-refractivity contribution in [3.63, 3.8) is 0 Å². The molecule has 1 fully saturated rings. The molecule has 2 heterocycles. The van der Waals surface area contributed by atoms with Crippen LogP contribution in [0.1, 0.15) is 42.5 Å². The predicted octanol–water partition coefficient (Wildman–Crippen LogP) is 2.98. The van der Waals surface area contributed by atoms with Crippen LogP contribution in [-0.4, -0.2) is 47.0 Å². The molecule has 1 aliphatic heterocycles. The van der Waals surface area contributed by atoms with Gasteiger partial charge in [-0.2, -0.15) is 0 Å². The number of hydrogen-bond acceptors (Lipinski definition) is 3. The van der Waals surface area contributed by atoms with Crippen molar-refractivity contribution in [3.8, 4) is 0 Å². The summed E-state index contributed by atoms with van der Waals surface area (Å²) in [5, 5.41) is 0. The summed E-state index contributed by atoms with van der Waals surface area (Å²) in [5.41, 5.74) is 3.89. The second-order valence-electron chi connectivity index (χ2n) is 7.44. The molecule has 1 amide bonds. The molecule has 0 unspecified atom stereocenters. The van der Waals surface area contributed by atoms with Gasteiger partial charge in [0.2, 0.25) is 0 Å². The number of benzene rings is 1. The molecule has 1 aliphatic rings. The average Bonchev–Trinajstić information content (AvgIpc) is 3.05. The van der Waals surface area contributed by atoms with Gasteiger partial charge >= 0.3 is 0 Å². The van der Waals surface area contributed by atoms with Crippen LogP contribution in [0.5, 0.6) is 0 Å². The fourth-order valence-corrected chi connectivity index (χ4v) is 3.25. The molecule has 0 spiro atoms. The lowest BCUT2D eigenvalue weighted by molar-refractivity contribution is 0.0738. The minimum atomic E-state index is -0.121. The molecule has 1 aromatic carbocycles. The Morgan fingerprint density at radius 2 is 1.79 bits per heavy atom. The van der Waals surface area contributed by atoms with Gasteiger partial charge in [0.25, 0.3) is 5.91 Å². The highest BCUT2D eigenvalue weighted by Gasteiger charge is 2.29. The summed E-state index contributed by atoms with van der Waals surface area (Å²) < 4.78 is 0. The minimum absolute atomic E-state index is 0.0330. The molecule has 2 aromatic rings. The lowest BCUT2D eigenvalue weighted by Gasteiger charge is -2.36. The van der Waals surface area contributed by atoms with E-state index < -0.39 is 0 Å². The Balaban J connectivity index is 1.70. The van der Waals surface area contributed by atoms with E-state index in [1.807, 2.05) is 4.90 Å². The van der Waals surface area contributed by atoms with Crippen LogP contribution < -0.4 is 4.90 Å². The van der Waals surface area contributed by atoms with Crippen LogP contribution in [0.2, 0.25) is 0 Å². The topological polar surface area (TPSA) is 52.2 Å². The van der Waals surface area contributed by atoms with E-state index in [1.165, 1.54) is 11.3 Å². The van der Waals surface area contributed by atoms with Crippen LogP contribution in [-0.2, 0) is 5.41 Å². The predicted molar refractivity (Wildman–Crippen MR) is 96.6 cm³/mol. The summed E-state index contributed by atoms with van der Waals surface area (Å²) in [5.74, 6) is 0.0330. The molecule has 3 rings (SSSR count). The van der Waals surface area contributed by atoms with Crippen LogP contribution >= 0.6 is 0 Å². The molecule has 0 atom stereocenters. The normalized spacial score (nSPS) is 15.7. The third kappa shape index (κ3) is 3.16. The van der Waals surface area contributed by atoms with Gasteiger partial charge in [-0.15, -0.1) is 0 Å². The van der Waals surface area contributed by atoms with Gasteiger partial charge in [0.1, 0.15) is 5.69 Å². The monoisotopic (exact) mass is 326 g/mol. The number of hydrogen-bond donors (Lipinski definition) is 1. The van der Waals surface area contributed by atoms with E-state index in [2.05, 4.69) is 66.8 Å². The van der Waals surface area contributed by atoms with Gasteiger partial charge < -0.3 is 14.8 Å². The summed E-state index contributed by atoms with van der Waals surface area (Å²) in [4.78, 5) is 24.6. The third-order valence-corrected chi connectivity index (χ3v) is 4.61. The number of aromatic nitrogens is 2. The van der Waals surface area contributed by atoms with Gasteiger partial charge in [0.05, 0.1) is 12.0 Å². The average molecular weight is 326 g/mol. The third-order valence-electron chi connectivity index (χ3n) is 4.61. The van der Waals surface area contributed by atoms with Crippen molar-refractivity contribution in [2.75, 3.05) is 31.1 Å². The SMILES string of the molecule is Cc1ccccc1N1CCN(C(=O)c2nc[nH]c2C(C)(C)C)CC1. The maximum atomic E-state index is 12.9. The number of carbonyl (C=O) groups excluding carboxylic acids is 1. The Kier molecular flexibility index (Phi) is 4.35. The molecule has 0 bridgehead atoms. The van der Waals surface area contributed by atoms with Crippen molar-refractivity contribution in [2.45, 2.75) is 33.1 Å². The summed E-state index contributed by atoms with van der Waals surface area (Å²) in [6.45, 7) is 11.6. The maximum Gasteiger partial charge on any atom is 0.274 e. The molecule has 0 saturated carbocycles. The first kappa shape index (κ1) is 16.6. The molecule has 0 aliphatic carbocycles. The van der Waals surface area contributed by atoms with Gasteiger partial charge in [-0.05, 0) is 18.6 Å². The number of aryl methyl sites for hydroxylation is 1. The van der Waals surface area contributed by atoms with Gasteiger partial charge in [-0.1, -0.05) is 39.0 Å². The molecule has 5 nitrogen and oxygen atoms in total. The van der Waals surface area contributed by atoms with Crippen LogP contribution in [0.15, 0.2) is 30.6 Å². The number of amides is 1. The Labute approximate surface area is 143 Å². The number of aromatic amines is 1.